The van der Waals surface area contributed by atoms with Gasteiger partial charge in [-0.3, -0.25) is 0 Å². The summed E-state index contributed by atoms with van der Waals surface area (Å²) >= 11 is 0.118. The maximum atomic E-state index is 2.40. The summed E-state index contributed by atoms with van der Waals surface area (Å²) in [5.74, 6) is 0. The Morgan fingerprint density at radius 3 is 1.08 bits per heavy atom. The first-order valence-electron chi connectivity index (χ1n) is 4.54. The minimum absolute atomic E-state index is 0.0592. The van der Waals surface area contributed by atoms with Crippen molar-refractivity contribution in [3.05, 3.63) is 0 Å². The van der Waals surface area contributed by atoms with E-state index in [0.29, 0.717) is 10.8 Å². The predicted octanol–water partition coefficient (Wildman–Crippen LogP) is 3.24. The van der Waals surface area contributed by atoms with Gasteiger partial charge in [0.15, 0.2) is 0 Å². The van der Waals surface area contributed by atoms with E-state index in [-0.39, 0.29) is 35.6 Å². The molecular weight excluding hydrogens is 538 g/mol. The molecule has 0 spiro atoms. The second-order valence-corrected chi connectivity index (χ2v) is 29.7. The second kappa shape index (κ2) is 5.60. The van der Waals surface area contributed by atoms with Gasteiger partial charge in [-0.05, 0) is 0 Å². The zero-order valence-corrected chi connectivity index (χ0v) is 16.3. The van der Waals surface area contributed by atoms with Crippen LogP contribution in [-0.4, -0.2) is 35.6 Å². The third-order valence-corrected chi connectivity index (χ3v) is 26.9. The predicted molar refractivity (Wildman–Crippen MR) is 60.0 cm³/mol. The Labute approximate surface area is 95.1 Å². The fraction of sp³-hybridized carbons (Fsp3) is 1.00. The van der Waals surface area contributed by atoms with Crippen LogP contribution in [0, 0.1) is 10.8 Å². The third-order valence-electron chi connectivity index (χ3n) is 1.19. The van der Waals surface area contributed by atoms with Crippen molar-refractivity contribution >= 4 is 35.6 Å². The molecule has 0 nitrogen and oxygen atoms in total. The van der Waals surface area contributed by atoms with Crippen LogP contribution >= 0.6 is 0 Å². The molecule has 0 aliphatic heterocycles. The summed E-state index contributed by atoms with van der Waals surface area (Å²) in [6.45, 7) is 14.4. The zero-order chi connectivity index (χ0) is 9.83. The van der Waals surface area contributed by atoms with Gasteiger partial charge in [0, 0.05) is 0 Å². The van der Waals surface area contributed by atoms with Crippen LogP contribution in [0.1, 0.15) is 41.5 Å². The number of rotatable bonds is 2. The zero-order valence-electron chi connectivity index (χ0n) is 9.31. The van der Waals surface area contributed by atoms with E-state index < -0.39 is 0 Å². The van der Waals surface area contributed by atoms with Gasteiger partial charge in [0.25, 0.3) is 0 Å². The van der Waals surface area contributed by atoms with Crippen LogP contribution in [0.3, 0.4) is 0 Å². The fourth-order valence-corrected chi connectivity index (χ4v) is 40.4. The van der Waals surface area contributed by atoms with Crippen LogP contribution < -0.4 is 0 Å². The second-order valence-electron chi connectivity index (χ2n) is 5.72. The van der Waals surface area contributed by atoms with Gasteiger partial charge in [0.05, 0.1) is 0 Å². The molecule has 0 N–H and O–H groups in total. The molecule has 0 saturated heterocycles. The monoisotopic (exact) mass is 560 g/mol. The summed E-state index contributed by atoms with van der Waals surface area (Å²) in [5.41, 5.74) is 1.30. The Morgan fingerprint density at radius 2 is 0.917 bits per heavy atom. The molecule has 0 aromatic carbocycles. The van der Waals surface area contributed by atoms with Crippen molar-refractivity contribution in [3.63, 3.8) is 0 Å². The van der Waals surface area contributed by atoms with E-state index in [4.69, 9.17) is 0 Å². The van der Waals surface area contributed by atoms with Gasteiger partial charge < -0.3 is 0 Å². The fourth-order valence-electron chi connectivity index (χ4n) is 0.524. The molecule has 0 aliphatic carbocycles. The maximum absolute atomic E-state index is 2.40. The van der Waals surface area contributed by atoms with Gasteiger partial charge in [0.2, 0.25) is 0 Å². The van der Waals surface area contributed by atoms with Gasteiger partial charge in [-0.2, -0.15) is 0 Å². The summed E-state index contributed by atoms with van der Waals surface area (Å²) in [5, 5.41) is 0. The van der Waals surface area contributed by atoms with Crippen molar-refractivity contribution < 1.29 is 0 Å². The van der Waals surface area contributed by atoms with E-state index in [1.54, 1.807) is 8.26 Å². The molecule has 0 atom stereocenters. The van der Waals surface area contributed by atoms with E-state index >= 15 is 0 Å². The van der Waals surface area contributed by atoms with Gasteiger partial charge in [-0.25, -0.2) is 0 Å². The molecule has 0 aromatic rings. The average Bonchev–Trinajstić information content (AvgIpc) is 1.76. The van der Waals surface area contributed by atoms with Crippen molar-refractivity contribution in [2.75, 3.05) is 0 Å². The van der Waals surface area contributed by atoms with Crippen molar-refractivity contribution in [2.45, 2.75) is 49.8 Å². The van der Waals surface area contributed by atoms with Gasteiger partial charge >= 0.3 is 96.2 Å². The van der Waals surface area contributed by atoms with Crippen LogP contribution in [0.5, 0.6) is 0 Å². The van der Waals surface area contributed by atoms with Gasteiger partial charge in [-0.1, -0.05) is 0 Å². The van der Waals surface area contributed by atoms with Crippen molar-refractivity contribution in [3.8, 4) is 0 Å². The molecule has 0 heterocycles. The molecule has 12 heavy (non-hydrogen) atoms. The topological polar surface area (TPSA) is 0 Å². The molecular formula is C10H22Bi2. The first-order chi connectivity index (χ1) is 5.21. The third kappa shape index (κ3) is 11.8. The molecule has 2 heteroatoms. The summed E-state index contributed by atoms with van der Waals surface area (Å²) < 4.78 is 3.25. The molecule has 0 unspecified atom stereocenters. The molecule has 0 saturated carbocycles. The molecule has 0 fully saturated rings. The molecule has 0 bridgehead atoms. The molecule has 0 aromatic heterocycles. The first-order valence-corrected chi connectivity index (χ1v) is 24.7. The summed E-state index contributed by atoms with van der Waals surface area (Å²) in [7, 11) is 0. The Hall–Kier alpha value is 1.77. The normalized spacial score (nSPS) is 14.2. The first kappa shape index (κ1) is 13.8. The van der Waals surface area contributed by atoms with Crippen LogP contribution in [0.2, 0.25) is 8.26 Å². The van der Waals surface area contributed by atoms with E-state index in [0.717, 1.165) is 0 Å². The molecule has 72 valence electrons. The van der Waals surface area contributed by atoms with Crippen LogP contribution in [0.25, 0.3) is 0 Å². The Bertz CT molecular complexity index is 128. The standard InChI is InChI=1S/2C5H11.2Bi/c2*1-5(2,3)4;;/h2*1H2,2-4H3;;. The van der Waals surface area contributed by atoms with E-state index in [1.807, 2.05) is 0 Å². The summed E-state index contributed by atoms with van der Waals surface area (Å²) in [4.78, 5) is 0. The summed E-state index contributed by atoms with van der Waals surface area (Å²) in [6, 6.07) is 0. The van der Waals surface area contributed by atoms with Crippen LogP contribution in [0.4, 0.5) is 0 Å². The van der Waals surface area contributed by atoms with Crippen LogP contribution in [0.15, 0.2) is 0 Å². The van der Waals surface area contributed by atoms with Gasteiger partial charge in [0.1, 0.15) is 0 Å². The molecule has 0 aliphatic rings. The van der Waals surface area contributed by atoms with E-state index in [2.05, 4.69) is 41.5 Å². The Balaban J connectivity index is 3.66. The quantitative estimate of drug-likeness (QED) is 0.456. The molecule has 0 rings (SSSR count). The SMILES string of the molecule is CC(C)(C)[CH2][Bi]=[Bi][CH2]C(C)(C)C. The van der Waals surface area contributed by atoms with Crippen molar-refractivity contribution in [2.24, 2.45) is 10.8 Å². The number of hydrogen-bond donors (Lipinski definition) is 0. The molecule has 0 radical (unpaired) electrons. The van der Waals surface area contributed by atoms with E-state index in [1.165, 1.54) is 0 Å². The Morgan fingerprint density at radius 1 is 0.667 bits per heavy atom. The van der Waals surface area contributed by atoms with Crippen molar-refractivity contribution in [1.82, 2.24) is 0 Å². The minimum atomic E-state index is 0.0592. The van der Waals surface area contributed by atoms with Crippen molar-refractivity contribution in [1.29, 1.82) is 0 Å². The van der Waals surface area contributed by atoms with Crippen LogP contribution in [-0.2, 0) is 0 Å². The summed E-state index contributed by atoms with van der Waals surface area (Å²) in [6.07, 6.45) is 0. The molecule has 0 amide bonds. The van der Waals surface area contributed by atoms with E-state index in [9.17, 15) is 0 Å². The number of hydrogen-bond acceptors (Lipinski definition) is 0. The Kier molecular flexibility index (Phi) is 6.42. The van der Waals surface area contributed by atoms with Gasteiger partial charge in [-0.15, -0.1) is 0 Å². The average molecular weight is 560 g/mol.